The van der Waals surface area contributed by atoms with Crippen molar-refractivity contribution in [1.82, 2.24) is 0 Å². The summed E-state index contributed by atoms with van der Waals surface area (Å²) < 4.78 is 23.1. The maximum Gasteiger partial charge on any atom is 0.175 e. The number of nitriles is 1. The van der Waals surface area contributed by atoms with Gasteiger partial charge in [0.1, 0.15) is 11.8 Å². The number of nitrogens with one attached hydrogen (secondary N) is 2. The van der Waals surface area contributed by atoms with Crippen molar-refractivity contribution in [3.05, 3.63) is 70.8 Å². The van der Waals surface area contributed by atoms with Gasteiger partial charge in [0, 0.05) is 22.4 Å². The molecule has 0 bridgehead atoms. The maximum absolute atomic E-state index is 11.5. The normalized spacial score (nSPS) is 11.6. The lowest BCUT2D eigenvalue weighted by molar-refractivity contribution is 0.602. The summed E-state index contributed by atoms with van der Waals surface area (Å²) in [5.41, 5.74) is 1.25. The predicted octanol–water partition coefficient (Wildman–Crippen LogP) is 3.74. The lowest BCUT2D eigenvalue weighted by Gasteiger charge is -2.11. The highest BCUT2D eigenvalue weighted by atomic mass is 35.5. The van der Waals surface area contributed by atoms with Crippen molar-refractivity contribution in [2.24, 2.45) is 0 Å². The van der Waals surface area contributed by atoms with Gasteiger partial charge in [-0.15, -0.1) is 0 Å². The molecule has 2 aromatic rings. The molecule has 0 amide bonds. The third-order valence-corrected chi connectivity index (χ3v) is 4.79. The number of sulfone groups is 1. The second kappa shape index (κ2) is 7.43. The lowest BCUT2D eigenvalue weighted by atomic mass is 9.95. The first-order chi connectivity index (χ1) is 11.7. The summed E-state index contributed by atoms with van der Waals surface area (Å²) in [6.07, 6.45) is 2.41. The highest BCUT2D eigenvalue weighted by Crippen LogP contribution is 2.23. The summed E-state index contributed by atoms with van der Waals surface area (Å²) in [5, 5.41) is 25.4. The van der Waals surface area contributed by atoms with Crippen molar-refractivity contribution < 1.29 is 8.42 Å². The highest BCUT2D eigenvalue weighted by Gasteiger charge is 2.13. The third kappa shape index (κ3) is 4.63. The monoisotopic (exact) mass is 371 g/mol. The van der Waals surface area contributed by atoms with Crippen LogP contribution in [0.3, 0.4) is 0 Å². The summed E-state index contributed by atoms with van der Waals surface area (Å²) >= 11 is 5.88. The molecule has 0 saturated heterocycles. The first kappa shape index (κ1) is 18.6. The number of hydrogen-bond donors (Lipinski definition) is 2. The molecule has 126 valence electrons. The minimum absolute atomic E-state index is 0.0716. The largest absolute Gasteiger partial charge is 0.300 e. The average Bonchev–Trinajstić information content (AvgIpc) is 2.59. The molecule has 0 atom stereocenters. The number of nitrogens with zero attached hydrogens (tertiary/aromatic N) is 1. The van der Waals surface area contributed by atoms with E-state index in [9.17, 15) is 8.42 Å². The van der Waals surface area contributed by atoms with Crippen LogP contribution in [0.25, 0.3) is 5.57 Å². The Hall–Kier alpha value is -2.75. The van der Waals surface area contributed by atoms with E-state index in [1.807, 2.05) is 0 Å². The van der Waals surface area contributed by atoms with E-state index in [-0.39, 0.29) is 16.3 Å². The van der Waals surface area contributed by atoms with Crippen molar-refractivity contribution in [2.45, 2.75) is 4.90 Å². The van der Waals surface area contributed by atoms with Crippen LogP contribution in [0.1, 0.15) is 11.1 Å². The summed E-state index contributed by atoms with van der Waals surface area (Å²) in [4.78, 5) is 0.158. The molecule has 0 aromatic heterocycles. The Morgan fingerprint density at radius 1 is 1.04 bits per heavy atom. The van der Waals surface area contributed by atoms with Gasteiger partial charge in [-0.2, -0.15) is 5.26 Å². The molecule has 5 nitrogen and oxygen atoms in total. The molecular weight excluding hydrogens is 358 g/mol. The molecule has 2 N–H and O–H groups in total. The first-order valence-corrected chi connectivity index (χ1v) is 9.35. The van der Waals surface area contributed by atoms with E-state index in [0.717, 1.165) is 6.26 Å². The Morgan fingerprint density at radius 3 is 2.04 bits per heavy atom. The fraction of sp³-hybridized carbons (Fsp3) is 0.0556. The lowest BCUT2D eigenvalue weighted by Crippen LogP contribution is -2.06. The van der Waals surface area contributed by atoms with Crippen molar-refractivity contribution in [3.63, 3.8) is 0 Å². The van der Waals surface area contributed by atoms with E-state index < -0.39 is 9.84 Å². The molecule has 0 saturated carbocycles. The van der Waals surface area contributed by atoms with E-state index >= 15 is 0 Å². The van der Waals surface area contributed by atoms with Gasteiger partial charge in [0.25, 0.3) is 0 Å². The number of halogens is 1. The van der Waals surface area contributed by atoms with Crippen LogP contribution < -0.4 is 0 Å². The van der Waals surface area contributed by atoms with Gasteiger partial charge in [-0.3, -0.25) is 10.8 Å². The van der Waals surface area contributed by atoms with Crippen LogP contribution in [0.15, 0.2) is 59.5 Å². The van der Waals surface area contributed by atoms with Gasteiger partial charge in [0.15, 0.2) is 9.84 Å². The van der Waals surface area contributed by atoms with Crippen LogP contribution in [-0.2, 0) is 9.84 Å². The van der Waals surface area contributed by atoms with Crippen LogP contribution in [0, 0.1) is 22.1 Å². The minimum atomic E-state index is -3.32. The fourth-order valence-electron chi connectivity index (χ4n) is 2.13. The molecule has 7 heteroatoms. The molecule has 0 aliphatic rings. The van der Waals surface area contributed by atoms with E-state index in [1.54, 1.807) is 30.3 Å². The summed E-state index contributed by atoms with van der Waals surface area (Å²) in [6, 6.07) is 14.3. The smallest absolute Gasteiger partial charge is 0.175 e. The van der Waals surface area contributed by atoms with Crippen molar-refractivity contribution >= 4 is 38.4 Å². The maximum atomic E-state index is 11.5. The minimum Gasteiger partial charge on any atom is -0.300 e. The molecule has 2 rings (SSSR count). The van der Waals surface area contributed by atoms with Crippen LogP contribution >= 0.6 is 11.6 Å². The molecule has 0 fully saturated rings. The van der Waals surface area contributed by atoms with Crippen LogP contribution in [0.4, 0.5) is 0 Å². The highest BCUT2D eigenvalue weighted by molar-refractivity contribution is 7.90. The Labute approximate surface area is 151 Å². The van der Waals surface area contributed by atoms with Crippen LogP contribution in [-0.4, -0.2) is 26.1 Å². The molecule has 0 radical (unpaired) electrons. The van der Waals surface area contributed by atoms with E-state index in [4.69, 9.17) is 27.7 Å². The molecule has 0 aliphatic heterocycles. The Kier molecular flexibility index (Phi) is 5.52. The molecule has 0 aliphatic carbocycles. The van der Waals surface area contributed by atoms with Gasteiger partial charge in [-0.25, -0.2) is 8.42 Å². The van der Waals surface area contributed by atoms with Crippen molar-refractivity contribution in [3.8, 4) is 6.07 Å². The third-order valence-electron chi connectivity index (χ3n) is 3.40. The summed E-state index contributed by atoms with van der Waals surface area (Å²) in [7, 11) is -3.32. The molecule has 0 unspecified atom stereocenters. The first-order valence-electron chi connectivity index (χ1n) is 7.08. The van der Waals surface area contributed by atoms with Gasteiger partial charge in [-0.1, -0.05) is 35.9 Å². The topological polar surface area (TPSA) is 106 Å². The summed E-state index contributed by atoms with van der Waals surface area (Å²) in [5.74, 6) is 0. The number of rotatable bonds is 5. The van der Waals surface area contributed by atoms with Gasteiger partial charge in [0.05, 0.1) is 10.6 Å². The second-order valence-corrected chi connectivity index (χ2v) is 7.71. The number of allylic oxidation sites excluding steroid dienone is 2. The molecule has 0 spiro atoms. The van der Waals surface area contributed by atoms with E-state index in [0.29, 0.717) is 21.7 Å². The standard InChI is InChI=1S/C18H14ClN3O2S/c1-25(23,24)16-8-4-13(5-9-16)18(22)17(10-15(21)11-20)12-2-6-14(19)7-3-12/h2-10,21-22H,1H3/b17-10-,21-15?,22-18?. The second-order valence-electron chi connectivity index (χ2n) is 5.26. The Balaban J connectivity index is 2.49. The van der Waals surface area contributed by atoms with Gasteiger partial charge < -0.3 is 0 Å². The zero-order valence-corrected chi connectivity index (χ0v) is 14.8. The SMILES string of the molecule is CS(=O)(=O)c1ccc(C(=N)/C(=C\C(=N)C#N)c2ccc(Cl)cc2)cc1. The molecular formula is C18H14ClN3O2S. The van der Waals surface area contributed by atoms with Crippen molar-refractivity contribution in [1.29, 1.82) is 16.1 Å². The Bertz CT molecular complexity index is 1000. The zero-order chi connectivity index (χ0) is 18.6. The van der Waals surface area contributed by atoms with Crippen LogP contribution in [0.5, 0.6) is 0 Å². The zero-order valence-electron chi connectivity index (χ0n) is 13.2. The number of benzene rings is 2. The molecule has 2 aromatic carbocycles. The van der Waals surface area contributed by atoms with Crippen LogP contribution in [0.2, 0.25) is 5.02 Å². The Morgan fingerprint density at radius 2 is 1.56 bits per heavy atom. The van der Waals surface area contributed by atoms with Gasteiger partial charge in [-0.05, 0) is 35.9 Å². The average molecular weight is 372 g/mol. The van der Waals surface area contributed by atoms with E-state index in [2.05, 4.69) is 0 Å². The van der Waals surface area contributed by atoms with E-state index in [1.165, 1.54) is 30.3 Å². The van der Waals surface area contributed by atoms with Crippen molar-refractivity contribution in [2.75, 3.05) is 6.26 Å². The quantitative estimate of drug-likeness (QED) is 0.782. The predicted molar refractivity (Wildman–Crippen MR) is 99.1 cm³/mol. The fourth-order valence-corrected chi connectivity index (χ4v) is 2.89. The van der Waals surface area contributed by atoms with Gasteiger partial charge in [0.2, 0.25) is 0 Å². The molecule has 0 heterocycles. The summed E-state index contributed by atoms with van der Waals surface area (Å²) in [6.45, 7) is 0. The van der Waals surface area contributed by atoms with Gasteiger partial charge >= 0.3 is 0 Å². The number of hydrogen-bond acceptors (Lipinski definition) is 5. The molecule has 25 heavy (non-hydrogen) atoms.